The van der Waals surface area contributed by atoms with E-state index in [1.165, 1.54) is 11.3 Å². The van der Waals surface area contributed by atoms with E-state index in [0.29, 0.717) is 39.5 Å². The maximum absolute atomic E-state index is 13.1. The summed E-state index contributed by atoms with van der Waals surface area (Å²) in [4.78, 5) is 44.4. The maximum atomic E-state index is 13.1. The third-order valence-corrected chi connectivity index (χ3v) is 6.87. The Morgan fingerprint density at radius 2 is 1.71 bits per heavy atom. The molecule has 2 atom stereocenters. The van der Waals surface area contributed by atoms with Gasteiger partial charge in [0.2, 0.25) is 5.91 Å². The number of amides is 3. The van der Waals surface area contributed by atoms with Gasteiger partial charge in [0.15, 0.2) is 5.13 Å². The van der Waals surface area contributed by atoms with Crippen LogP contribution in [0.5, 0.6) is 0 Å². The zero-order chi connectivity index (χ0) is 24.9. The molecule has 35 heavy (non-hydrogen) atoms. The van der Waals surface area contributed by atoms with Crippen molar-refractivity contribution >= 4 is 39.9 Å². The Morgan fingerprint density at radius 3 is 2.43 bits per heavy atom. The second-order valence-electron chi connectivity index (χ2n) is 9.37. The number of aromatic nitrogens is 1. The first-order chi connectivity index (χ1) is 16.8. The van der Waals surface area contributed by atoms with Gasteiger partial charge in [-0.25, -0.2) is 4.98 Å². The van der Waals surface area contributed by atoms with E-state index in [9.17, 15) is 14.4 Å². The number of piperidine rings is 1. The summed E-state index contributed by atoms with van der Waals surface area (Å²) in [6, 6.07) is 14.3. The Bertz CT molecular complexity index is 1210. The highest BCUT2D eigenvalue weighted by molar-refractivity contribution is 7.14. The van der Waals surface area contributed by atoms with Crippen LogP contribution in [0, 0.1) is 18.8 Å². The van der Waals surface area contributed by atoms with Crippen LogP contribution in [0.4, 0.5) is 10.8 Å². The highest BCUT2D eigenvalue weighted by Crippen LogP contribution is 2.25. The number of thiazole rings is 1. The van der Waals surface area contributed by atoms with Crippen LogP contribution in [0.1, 0.15) is 52.2 Å². The summed E-state index contributed by atoms with van der Waals surface area (Å²) in [6.45, 7) is 7.76. The van der Waals surface area contributed by atoms with E-state index in [0.717, 1.165) is 25.1 Å². The van der Waals surface area contributed by atoms with Crippen LogP contribution in [0.2, 0.25) is 0 Å². The minimum absolute atomic E-state index is 0.00259. The molecule has 0 spiro atoms. The molecule has 3 aromatic rings. The van der Waals surface area contributed by atoms with Crippen molar-refractivity contribution in [3.05, 3.63) is 76.3 Å². The second kappa shape index (κ2) is 10.8. The number of hydrogen-bond donors (Lipinski definition) is 2. The normalized spacial score (nSPS) is 17.6. The molecule has 2 unspecified atom stereocenters. The van der Waals surface area contributed by atoms with Crippen molar-refractivity contribution in [3.63, 3.8) is 0 Å². The molecule has 4 rings (SSSR count). The molecule has 1 aliphatic heterocycles. The molecule has 7 nitrogen and oxygen atoms in total. The summed E-state index contributed by atoms with van der Waals surface area (Å²) in [5.74, 6) is 0.479. The summed E-state index contributed by atoms with van der Waals surface area (Å²) >= 11 is 1.27. The summed E-state index contributed by atoms with van der Waals surface area (Å²) in [7, 11) is 0. The molecular formula is C27H30N4O3S. The van der Waals surface area contributed by atoms with Crippen molar-refractivity contribution in [2.24, 2.45) is 11.8 Å². The van der Waals surface area contributed by atoms with Crippen LogP contribution < -0.4 is 10.6 Å². The fourth-order valence-electron chi connectivity index (χ4n) is 4.46. The van der Waals surface area contributed by atoms with Gasteiger partial charge in [-0.15, -0.1) is 11.3 Å². The van der Waals surface area contributed by atoms with Crippen molar-refractivity contribution in [2.75, 3.05) is 23.7 Å². The number of benzene rings is 2. The number of anilines is 2. The van der Waals surface area contributed by atoms with Crippen LogP contribution >= 0.6 is 11.3 Å². The Hall–Kier alpha value is -3.52. The first kappa shape index (κ1) is 24.6. The molecule has 0 radical (unpaired) electrons. The first-order valence-electron chi connectivity index (χ1n) is 11.8. The van der Waals surface area contributed by atoms with Gasteiger partial charge in [-0.05, 0) is 55.0 Å². The van der Waals surface area contributed by atoms with Crippen LogP contribution in [0.15, 0.2) is 53.9 Å². The standard InChI is InChI=1S/C27H30N4O3S/c1-17-11-18(2)15-31(14-17)26(34)21-10-9-19(3)23(12-21)29-24(32)13-22-16-35-27(28-22)30-25(33)20-7-5-4-6-8-20/h4-10,12,16-18H,11,13-15H2,1-3H3,(H,29,32)(H,28,30,33). The van der Waals surface area contributed by atoms with Crippen molar-refractivity contribution in [1.29, 1.82) is 0 Å². The fourth-order valence-corrected chi connectivity index (χ4v) is 5.17. The van der Waals surface area contributed by atoms with Crippen molar-refractivity contribution in [1.82, 2.24) is 9.88 Å². The molecular weight excluding hydrogens is 460 g/mol. The van der Waals surface area contributed by atoms with Crippen molar-refractivity contribution in [3.8, 4) is 0 Å². The summed E-state index contributed by atoms with van der Waals surface area (Å²) in [5, 5.41) is 7.88. The monoisotopic (exact) mass is 490 g/mol. The lowest BCUT2D eigenvalue weighted by Gasteiger charge is -2.35. The summed E-state index contributed by atoms with van der Waals surface area (Å²) < 4.78 is 0. The number of carbonyl (C=O) groups excluding carboxylic acids is 3. The van der Waals surface area contributed by atoms with E-state index in [4.69, 9.17) is 0 Å². The van der Waals surface area contributed by atoms with Gasteiger partial charge >= 0.3 is 0 Å². The minimum Gasteiger partial charge on any atom is -0.338 e. The molecule has 0 aliphatic carbocycles. The molecule has 182 valence electrons. The predicted octanol–water partition coefficient (Wildman–Crippen LogP) is 5.00. The third kappa shape index (κ3) is 6.33. The topological polar surface area (TPSA) is 91.4 Å². The molecule has 1 aromatic heterocycles. The second-order valence-corrected chi connectivity index (χ2v) is 10.2. The van der Waals surface area contributed by atoms with Gasteiger partial charge < -0.3 is 10.2 Å². The molecule has 2 N–H and O–H groups in total. The number of carbonyl (C=O) groups is 3. The van der Waals surface area contributed by atoms with E-state index in [1.54, 1.807) is 35.7 Å². The largest absolute Gasteiger partial charge is 0.338 e. The molecule has 1 saturated heterocycles. The van der Waals surface area contributed by atoms with Gasteiger partial charge in [-0.2, -0.15) is 0 Å². The summed E-state index contributed by atoms with van der Waals surface area (Å²) in [6.07, 6.45) is 1.20. The SMILES string of the molecule is Cc1ccc(C(=O)N2CC(C)CC(C)C2)cc1NC(=O)Cc1csc(NC(=O)c2ccccc2)n1. The number of likely N-dealkylation sites (tertiary alicyclic amines) is 1. The highest BCUT2D eigenvalue weighted by Gasteiger charge is 2.26. The molecule has 0 bridgehead atoms. The number of nitrogens with one attached hydrogen (secondary N) is 2. The van der Waals surface area contributed by atoms with E-state index in [-0.39, 0.29) is 24.1 Å². The fraction of sp³-hybridized carbons (Fsp3) is 0.333. The number of nitrogens with zero attached hydrogens (tertiary/aromatic N) is 2. The first-order valence-corrected chi connectivity index (χ1v) is 12.7. The predicted molar refractivity (Wildman–Crippen MR) is 139 cm³/mol. The maximum Gasteiger partial charge on any atom is 0.257 e. The van der Waals surface area contributed by atoms with Gasteiger partial charge in [0, 0.05) is 35.3 Å². The van der Waals surface area contributed by atoms with Gasteiger partial charge in [0.1, 0.15) is 0 Å². The molecule has 3 amide bonds. The van der Waals surface area contributed by atoms with E-state index < -0.39 is 0 Å². The van der Waals surface area contributed by atoms with Crippen molar-refractivity contribution < 1.29 is 14.4 Å². The average molecular weight is 491 g/mol. The lowest BCUT2D eigenvalue weighted by atomic mass is 9.91. The van der Waals surface area contributed by atoms with Crippen LogP contribution in [0.3, 0.4) is 0 Å². The highest BCUT2D eigenvalue weighted by atomic mass is 32.1. The Balaban J connectivity index is 1.38. The zero-order valence-electron chi connectivity index (χ0n) is 20.2. The molecule has 8 heteroatoms. The lowest BCUT2D eigenvalue weighted by molar-refractivity contribution is -0.115. The third-order valence-electron chi connectivity index (χ3n) is 6.06. The van der Waals surface area contributed by atoms with E-state index in [1.807, 2.05) is 30.0 Å². The average Bonchev–Trinajstić information content (AvgIpc) is 3.26. The molecule has 2 heterocycles. The lowest BCUT2D eigenvalue weighted by Crippen LogP contribution is -2.42. The Kier molecular flexibility index (Phi) is 7.60. The van der Waals surface area contributed by atoms with Crippen molar-refractivity contribution in [2.45, 2.75) is 33.6 Å². The van der Waals surface area contributed by atoms with Crippen LogP contribution in [-0.2, 0) is 11.2 Å². The van der Waals surface area contributed by atoms with Gasteiger partial charge in [-0.3, -0.25) is 19.7 Å². The number of rotatable bonds is 6. The van der Waals surface area contributed by atoms with Gasteiger partial charge in [-0.1, -0.05) is 38.1 Å². The van der Waals surface area contributed by atoms with Gasteiger partial charge in [0.25, 0.3) is 11.8 Å². The quantitative estimate of drug-likeness (QED) is 0.509. The Morgan fingerprint density at radius 1 is 1.00 bits per heavy atom. The smallest absolute Gasteiger partial charge is 0.257 e. The molecule has 1 fully saturated rings. The van der Waals surface area contributed by atoms with E-state index >= 15 is 0 Å². The van der Waals surface area contributed by atoms with E-state index in [2.05, 4.69) is 29.5 Å². The zero-order valence-corrected chi connectivity index (χ0v) is 21.0. The molecule has 1 aliphatic rings. The summed E-state index contributed by atoms with van der Waals surface area (Å²) in [5.41, 5.74) is 3.18. The van der Waals surface area contributed by atoms with Gasteiger partial charge in [0.05, 0.1) is 12.1 Å². The number of aryl methyl sites for hydroxylation is 1. The van der Waals surface area contributed by atoms with Crippen LogP contribution in [-0.4, -0.2) is 40.7 Å². The minimum atomic E-state index is -0.245. The molecule has 0 saturated carbocycles. The van der Waals surface area contributed by atoms with Crippen LogP contribution in [0.25, 0.3) is 0 Å². The number of hydrogen-bond acceptors (Lipinski definition) is 5. The molecule has 2 aromatic carbocycles. The Labute approximate surface area is 209 Å².